The fourth-order valence-corrected chi connectivity index (χ4v) is 4.05. The molecular formula is C13H16N2O2S2. The van der Waals surface area contributed by atoms with Crippen LogP contribution in [0.5, 0.6) is 0 Å². The van der Waals surface area contributed by atoms with Crippen LogP contribution in [0.2, 0.25) is 0 Å². The number of aryl methyl sites for hydroxylation is 2. The fraction of sp³-hybridized carbons (Fsp3) is 0.231. The summed E-state index contributed by atoms with van der Waals surface area (Å²) in [7, 11) is -3.53. The van der Waals surface area contributed by atoms with E-state index in [1.54, 1.807) is 24.3 Å². The smallest absolute Gasteiger partial charge is 0.271 e. The van der Waals surface area contributed by atoms with E-state index in [0.717, 1.165) is 16.9 Å². The minimum Gasteiger partial charge on any atom is -0.399 e. The second-order valence-corrected chi connectivity index (χ2v) is 7.33. The van der Waals surface area contributed by atoms with E-state index >= 15 is 0 Å². The average molecular weight is 296 g/mol. The van der Waals surface area contributed by atoms with Crippen molar-refractivity contribution in [3.63, 3.8) is 0 Å². The van der Waals surface area contributed by atoms with Gasteiger partial charge in [-0.15, -0.1) is 11.3 Å². The lowest BCUT2D eigenvalue weighted by Gasteiger charge is -2.09. The highest BCUT2D eigenvalue weighted by Gasteiger charge is 2.17. The maximum atomic E-state index is 12.3. The molecule has 1 aromatic heterocycles. The largest absolute Gasteiger partial charge is 0.399 e. The summed E-state index contributed by atoms with van der Waals surface area (Å²) < 4.78 is 27.4. The van der Waals surface area contributed by atoms with E-state index < -0.39 is 10.0 Å². The van der Waals surface area contributed by atoms with Gasteiger partial charge in [0.1, 0.15) is 4.21 Å². The number of nitrogens with one attached hydrogen (secondary N) is 1. The molecule has 2 rings (SSSR count). The summed E-state index contributed by atoms with van der Waals surface area (Å²) >= 11 is 1.29. The second kappa shape index (κ2) is 5.22. The molecule has 0 amide bonds. The highest BCUT2D eigenvalue weighted by Crippen LogP contribution is 2.26. The van der Waals surface area contributed by atoms with E-state index in [-0.39, 0.29) is 0 Å². The van der Waals surface area contributed by atoms with Gasteiger partial charge in [0.2, 0.25) is 0 Å². The van der Waals surface area contributed by atoms with E-state index in [1.807, 2.05) is 19.9 Å². The van der Waals surface area contributed by atoms with Gasteiger partial charge in [-0.25, -0.2) is 8.42 Å². The molecule has 4 nitrogen and oxygen atoms in total. The molecular weight excluding hydrogens is 280 g/mol. The summed E-state index contributed by atoms with van der Waals surface area (Å²) in [5, 5.41) is 0. The Labute approximate surface area is 117 Å². The van der Waals surface area contributed by atoms with Crippen molar-refractivity contribution in [2.75, 3.05) is 10.5 Å². The third kappa shape index (κ3) is 3.08. The SMILES string of the molecule is CCc1ccc(S(=O)(=O)Nc2cc(N)ccc2C)s1. The number of anilines is 2. The molecule has 0 aliphatic carbocycles. The molecule has 2 aromatic rings. The monoisotopic (exact) mass is 296 g/mol. The third-order valence-electron chi connectivity index (χ3n) is 2.76. The van der Waals surface area contributed by atoms with Crippen molar-refractivity contribution >= 4 is 32.7 Å². The topological polar surface area (TPSA) is 72.2 Å². The van der Waals surface area contributed by atoms with Crippen LogP contribution in [-0.4, -0.2) is 8.42 Å². The minimum absolute atomic E-state index is 0.325. The lowest BCUT2D eigenvalue weighted by molar-refractivity contribution is 0.603. The first kappa shape index (κ1) is 13.9. The van der Waals surface area contributed by atoms with Crippen molar-refractivity contribution in [3.05, 3.63) is 40.8 Å². The summed E-state index contributed by atoms with van der Waals surface area (Å²) in [6.07, 6.45) is 0.831. The molecule has 0 unspecified atom stereocenters. The molecule has 0 radical (unpaired) electrons. The van der Waals surface area contributed by atoms with Gasteiger partial charge in [-0.3, -0.25) is 4.72 Å². The Bertz CT molecular complexity index is 690. The molecule has 1 heterocycles. The van der Waals surface area contributed by atoms with Crippen LogP contribution in [0.3, 0.4) is 0 Å². The van der Waals surface area contributed by atoms with Crippen molar-refractivity contribution in [2.45, 2.75) is 24.5 Å². The normalized spacial score (nSPS) is 11.5. The standard InChI is InChI=1S/C13H16N2O2S2/c1-3-11-6-7-13(18-11)19(16,17)15-12-8-10(14)5-4-9(12)2/h4-8,15H,3,14H2,1-2H3. The number of hydrogen-bond acceptors (Lipinski definition) is 4. The fourth-order valence-electron chi connectivity index (χ4n) is 1.64. The van der Waals surface area contributed by atoms with E-state index in [1.165, 1.54) is 11.3 Å². The number of benzene rings is 1. The zero-order valence-electron chi connectivity index (χ0n) is 10.8. The number of nitrogens with two attached hydrogens (primary N) is 1. The Morgan fingerprint density at radius 2 is 2.00 bits per heavy atom. The maximum Gasteiger partial charge on any atom is 0.271 e. The average Bonchev–Trinajstić information content (AvgIpc) is 2.83. The van der Waals surface area contributed by atoms with Gasteiger partial charge in [0.05, 0.1) is 5.69 Å². The predicted octanol–water partition coefficient (Wildman–Crippen LogP) is 3.00. The van der Waals surface area contributed by atoms with Gasteiger partial charge in [-0.2, -0.15) is 0 Å². The van der Waals surface area contributed by atoms with Gasteiger partial charge < -0.3 is 5.73 Å². The van der Waals surface area contributed by atoms with Crippen LogP contribution in [-0.2, 0) is 16.4 Å². The van der Waals surface area contributed by atoms with E-state index in [2.05, 4.69) is 4.72 Å². The maximum absolute atomic E-state index is 12.3. The number of thiophene rings is 1. The summed E-state index contributed by atoms with van der Waals surface area (Å²) in [5.74, 6) is 0. The van der Waals surface area contributed by atoms with Crippen LogP contribution in [0.4, 0.5) is 11.4 Å². The van der Waals surface area contributed by atoms with Crippen molar-refractivity contribution in [1.82, 2.24) is 0 Å². The van der Waals surface area contributed by atoms with Gasteiger partial charge in [-0.05, 0) is 43.2 Å². The van der Waals surface area contributed by atoms with E-state index in [9.17, 15) is 8.42 Å². The molecule has 0 spiro atoms. The van der Waals surface area contributed by atoms with Crippen LogP contribution in [0, 0.1) is 6.92 Å². The Balaban J connectivity index is 2.33. The molecule has 19 heavy (non-hydrogen) atoms. The molecule has 0 fully saturated rings. The first-order valence-corrected chi connectivity index (χ1v) is 8.20. The lowest BCUT2D eigenvalue weighted by atomic mass is 10.2. The molecule has 1 aromatic carbocycles. The van der Waals surface area contributed by atoms with E-state index in [4.69, 9.17) is 5.73 Å². The van der Waals surface area contributed by atoms with Crippen molar-refractivity contribution in [2.24, 2.45) is 0 Å². The number of hydrogen-bond donors (Lipinski definition) is 2. The number of sulfonamides is 1. The molecule has 0 saturated carbocycles. The molecule has 0 bridgehead atoms. The molecule has 3 N–H and O–H groups in total. The molecule has 0 atom stereocenters. The molecule has 0 aliphatic heterocycles. The van der Waals surface area contributed by atoms with Crippen LogP contribution < -0.4 is 10.5 Å². The summed E-state index contributed by atoms with van der Waals surface area (Å²) in [5.41, 5.74) is 7.57. The van der Waals surface area contributed by atoms with Crippen LogP contribution in [0.25, 0.3) is 0 Å². The Morgan fingerprint density at radius 3 is 2.63 bits per heavy atom. The number of rotatable bonds is 4. The Hall–Kier alpha value is -1.53. The summed E-state index contributed by atoms with van der Waals surface area (Å²) in [6.45, 7) is 3.83. The first-order chi connectivity index (χ1) is 8.92. The first-order valence-electron chi connectivity index (χ1n) is 5.90. The van der Waals surface area contributed by atoms with Crippen molar-refractivity contribution < 1.29 is 8.42 Å². The Kier molecular flexibility index (Phi) is 3.82. The highest BCUT2D eigenvalue weighted by molar-refractivity contribution is 7.94. The molecule has 0 saturated heterocycles. The quantitative estimate of drug-likeness (QED) is 0.852. The van der Waals surface area contributed by atoms with E-state index in [0.29, 0.717) is 15.6 Å². The van der Waals surface area contributed by atoms with Gasteiger partial charge in [0, 0.05) is 10.6 Å². The zero-order valence-corrected chi connectivity index (χ0v) is 12.4. The third-order valence-corrected chi connectivity index (χ3v) is 5.84. The summed E-state index contributed by atoms with van der Waals surface area (Å²) in [6, 6.07) is 8.63. The van der Waals surface area contributed by atoms with Gasteiger partial charge >= 0.3 is 0 Å². The summed E-state index contributed by atoms with van der Waals surface area (Å²) in [4.78, 5) is 1.05. The van der Waals surface area contributed by atoms with Crippen LogP contribution in [0.15, 0.2) is 34.5 Å². The van der Waals surface area contributed by atoms with Crippen molar-refractivity contribution in [3.8, 4) is 0 Å². The molecule has 6 heteroatoms. The second-order valence-electron chi connectivity index (χ2n) is 4.25. The van der Waals surface area contributed by atoms with Crippen LogP contribution in [0.1, 0.15) is 17.4 Å². The molecule has 102 valence electrons. The van der Waals surface area contributed by atoms with Gasteiger partial charge in [-0.1, -0.05) is 13.0 Å². The Morgan fingerprint density at radius 1 is 1.26 bits per heavy atom. The van der Waals surface area contributed by atoms with Crippen molar-refractivity contribution in [1.29, 1.82) is 0 Å². The lowest BCUT2D eigenvalue weighted by Crippen LogP contribution is -2.12. The van der Waals surface area contributed by atoms with Gasteiger partial charge in [0.15, 0.2) is 0 Å². The predicted molar refractivity (Wildman–Crippen MR) is 80.1 cm³/mol. The number of nitrogen functional groups attached to an aromatic ring is 1. The van der Waals surface area contributed by atoms with Gasteiger partial charge in [0.25, 0.3) is 10.0 Å². The zero-order chi connectivity index (χ0) is 14.0. The van der Waals surface area contributed by atoms with Crippen LogP contribution >= 0.6 is 11.3 Å². The highest BCUT2D eigenvalue weighted by atomic mass is 32.2. The molecule has 0 aliphatic rings. The minimum atomic E-state index is -3.53.